The summed E-state index contributed by atoms with van der Waals surface area (Å²) in [6.07, 6.45) is 6.85. The van der Waals surface area contributed by atoms with Gasteiger partial charge < -0.3 is 10.2 Å². The maximum absolute atomic E-state index is 12.9. The van der Waals surface area contributed by atoms with Crippen molar-refractivity contribution >= 4 is 17.2 Å². The van der Waals surface area contributed by atoms with Crippen LogP contribution in [-0.2, 0) is 17.9 Å². The van der Waals surface area contributed by atoms with Crippen LogP contribution in [-0.4, -0.2) is 44.9 Å². The Balaban J connectivity index is 1.51. The van der Waals surface area contributed by atoms with Crippen LogP contribution in [0.3, 0.4) is 0 Å². The standard InChI is InChI=1S/C16H21N5OS/c22-15(11-20-7-6-18-19-20)21(10-13-1-8-23-12-13)14-9-16(14)2-4-17-5-3-16/h1,6-8,12,14,17H,2-5,9-11H2/t14-/m1/s1. The van der Waals surface area contributed by atoms with Crippen LogP contribution in [0.25, 0.3) is 0 Å². The Morgan fingerprint density at radius 2 is 2.35 bits per heavy atom. The predicted molar refractivity (Wildman–Crippen MR) is 87.8 cm³/mol. The monoisotopic (exact) mass is 331 g/mol. The zero-order valence-electron chi connectivity index (χ0n) is 13.0. The van der Waals surface area contributed by atoms with E-state index in [0.29, 0.717) is 18.0 Å². The minimum absolute atomic E-state index is 0.141. The Bertz CT molecular complexity index is 648. The Kier molecular flexibility index (Phi) is 3.90. The molecule has 1 saturated carbocycles. The lowest BCUT2D eigenvalue weighted by atomic mass is 9.93. The Morgan fingerprint density at radius 3 is 3.04 bits per heavy atom. The topological polar surface area (TPSA) is 63.1 Å². The van der Waals surface area contributed by atoms with Gasteiger partial charge in [-0.15, -0.1) is 5.10 Å². The van der Waals surface area contributed by atoms with Gasteiger partial charge in [0.2, 0.25) is 5.91 Å². The molecule has 2 aliphatic rings. The zero-order valence-corrected chi connectivity index (χ0v) is 13.8. The molecule has 2 fully saturated rings. The number of thiophene rings is 1. The van der Waals surface area contributed by atoms with E-state index in [1.807, 2.05) is 0 Å². The molecular formula is C16H21N5OS. The second kappa shape index (κ2) is 6.05. The number of rotatable bonds is 5. The van der Waals surface area contributed by atoms with E-state index in [0.717, 1.165) is 19.5 Å². The largest absolute Gasteiger partial charge is 0.333 e. The molecule has 0 unspecified atom stereocenters. The molecule has 0 aromatic carbocycles. The molecule has 3 heterocycles. The number of hydrogen-bond donors (Lipinski definition) is 1. The van der Waals surface area contributed by atoms with Crippen molar-refractivity contribution in [3.63, 3.8) is 0 Å². The average molecular weight is 331 g/mol. The number of carbonyl (C=O) groups excluding carboxylic acids is 1. The van der Waals surface area contributed by atoms with Gasteiger partial charge in [-0.3, -0.25) is 4.79 Å². The van der Waals surface area contributed by atoms with Gasteiger partial charge >= 0.3 is 0 Å². The van der Waals surface area contributed by atoms with Crippen LogP contribution in [0, 0.1) is 5.41 Å². The fourth-order valence-electron chi connectivity index (χ4n) is 3.73. The van der Waals surface area contributed by atoms with Crippen LogP contribution in [0.5, 0.6) is 0 Å². The third-order valence-corrected chi connectivity index (χ3v) is 5.88. The van der Waals surface area contributed by atoms with Crippen molar-refractivity contribution in [1.82, 2.24) is 25.2 Å². The number of piperidine rings is 1. The molecule has 23 heavy (non-hydrogen) atoms. The zero-order chi connectivity index (χ0) is 15.7. The molecule has 2 aromatic rings. The molecule has 1 aliphatic carbocycles. The molecular weight excluding hydrogens is 310 g/mol. The van der Waals surface area contributed by atoms with E-state index in [1.54, 1.807) is 28.4 Å². The molecule has 1 spiro atoms. The van der Waals surface area contributed by atoms with Crippen LogP contribution in [0.15, 0.2) is 29.2 Å². The SMILES string of the molecule is O=C(Cn1ccnn1)N(Cc1ccsc1)[C@@H]1CC12CCNCC2. The highest BCUT2D eigenvalue weighted by Crippen LogP contribution is 2.56. The number of aromatic nitrogens is 3. The van der Waals surface area contributed by atoms with Gasteiger partial charge in [-0.25, -0.2) is 4.68 Å². The molecule has 1 amide bonds. The molecule has 7 heteroatoms. The summed E-state index contributed by atoms with van der Waals surface area (Å²) in [4.78, 5) is 14.9. The number of hydrogen-bond acceptors (Lipinski definition) is 5. The lowest BCUT2D eigenvalue weighted by Gasteiger charge is -2.29. The minimum atomic E-state index is 0.141. The molecule has 6 nitrogen and oxygen atoms in total. The van der Waals surface area contributed by atoms with Crippen molar-refractivity contribution in [2.45, 2.75) is 38.4 Å². The van der Waals surface area contributed by atoms with Gasteiger partial charge in [0.15, 0.2) is 0 Å². The normalized spacial score (nSPS) is 22.2. The van der Waals surface area contributed by atoms with Crippen molar-refractivity contribution in [2.75, 3.05) is 13.1 Å². The lowest BCUT2D eigenvalue weighted by molar-refractivity contribution is -0.134. The minimum Gasteiger partial charge on any atom is -0.333 e. The average Bonchev–Trinajstić information content (AvgIpc) is 2.99. The summed E-state index contributed by atoms with van der Waals surface area (Å²) in [5, 5.41) is 15.4. The number of amides is 1. The molecule has 0 bridgehead atoms. The fraction of sp³-hybridized carbons (Fsp3) is 0.562. The second-order valence-corrected chi connectivity index (χ2v) is 7.37. The molecule has 2 aromatic heterocycles. The van der Waals surface area contributed by atoms with Gasteiger partial charge in [-0.05, 0) is 60.2 Å². The van der Waals surface area contributed by atoms with Gasteiger partial charge in [-0.2, -0.15) is 11.3 Å². The molecule has 4 rings (SSSR count). The summed E-state index contributed by atoms with van der Waals surface area (Å²) in [5.41, 5.74) is 1.57. The quantitative estimate of drug-likeness (QED) is 0.902. The van der Waals surface area contributed by atoms with Crippen LogP contribution < -0.4 is 5.32 Å². The van der Waals surface area contributed by atoms with E-state index in [2.05, 4.69) is 37.4 Å². The smallest absolute Gasteiger partial charge is 0.244 e. The fourth-order valence-corrected chi connectivity index (χ4v) is 4.39. The first kappa shape index (κ1) is 14.8. The maximum Gasteiger partial charge on any atom is 0.244 e. The predicted octanol–water partition coefficient (Wildman–Crippen LogP) is 1.51. The van der Waals surface area contributed by atoms with E-state index in [-0.39, 0.29) is 12.5 Å². The molecule has 0 radical (unpaired) electrons. The molecule has 122 valence electrons. The van der Waals surface area contributed by atoms with Gasteiger partial charge in [0.1, 0.15) is 6.54 Å². The summed E-state index contributed by atoms with van der Waals surface area (Å²) in [6.45, 7) is 3.12. The number of nitrogens with one attached hydrogen (secondary N) is 1. The van der Waals surface area contributed by atoms with Gasteiger partial charge in [0, 0.05) is 18.8 Å². The summed E-state index contributed by atoms with van der Waals surface area (Å²) >= 11 is 1.68. The number of carbonyl (C=O) groups is 1. The summed E-state index contributed by atoms with van der Waals surface area (Å²) in [7, 11) is 0. The van der Waals surface area contributed by atoms with Crippen LogP contribution in [0.2, 0.25) is 0 Å². The third-order valence-electron chi connectivity index (χ3n) is 5.14. The van der Waals surface area contributed by atoms with Gasteiger partial charge in [0.05, 0.1) is 6.20 Å². The highest BCUT2D eigenvalue weighted by atomic mass is 32.1. The Morgan fingerprint density at radius 1 is 1.48 bits per heavy atom. The summed E-state index contributed by atoms with van der Waals surface area (Å²) in [5.74, 6) is 0.141. The maximum atomic E-state index is 12.9. The van der Waals surface area contributed by atoms with E-state index < -0.39 is 0 Å². The van der Waals surface area contributed by atoms with E-state index in [1.165, 1.54) is 18.4 Å². The third kappa shape index (κ3) is 3.03. The van der Waals surface area contributed by atoms with Crippen LogP contribution in [0.1, 0.15) is 24.8 Å². The molecule has 1 aliphatic heterocycles. The van der Waals surface area contributed by atoms with Crippen molar-refractivity contribution in [1.29, 1.82) is 0 Å². The molecule has 1 N–H and O–H groups in total. The first-order chi connectivity index (χ1) is 11.3. The van der Waals surface area contributed by atoms with Crippen molar-refractivity contribution in [2.24, 2.45) is 5.41 Å². The van der Waals surface area contributed by atoms with Gasteiger partial charge in [0.25, 0.3) is 0 Å². The molecule has 1 atom stereocenters. The summed E-state index contributed by atoms with van der Waals surface area (Å²) in [6, 6.07) is 2.48. The second-order valence-electron chi connectivity index (χ2n) is 6.59. The van der Waals surface area contributed by atoms with Crippen molar-refractivity contribution in [3.05, 3.63) is 34.8 Å². The Hall–Kier alpha value is -1.73. The first-order valence-corrected chi connectivity index (χ1v) is 9.06. The Labute approximate surface area is 139 Å². The van der Waals surface area contributed by atoms with E-state index >= 15 is 0 Å². The lowest BCUT2D eigenvalue weighted by Crippen LogP contribution is -2.40. The van der Waals surface area contributed by atoms with Gasteiger partial charge in [-0.1, -0.05) is 5.21 Å². The first-order valence-electron chi connectivity index (χ1n) is 8.12. The van der Waals surface area contributed by atoms with E-state index in [4.69, 9.17) is 0 Å². The summed E-state index contributed by atoms with van der Waals surface area (Å²) < 4.78 is 1.61. The van der Waals surface area contributed by atoms with Crippen molar-refractivity contribution in [3.8, 4) is 0 Å². The van der Waals surface area contributed by atoms with Crippen LogP contribution in [0.4, 0.5) is 0 Å². The van der Waals surface area contributed by atoms with E-state index in [9.17, 15) is 4.79 Å². The van der Waals surface area contributed by atoms with Crippen molar-refractivity contribution < 1.29 is 4.79 Å². The highest BCUT2D eigenvalue weighted by molar-refractivity contribution is 7.07. The highest BCUT2D eigenvalue weighted by Gasteiger charge is 2.57. The number of nitrogens with zero attached hydrogens (tertiary/aromatic N) is 4. The molecule has 1 saturated heterocycles. The van der Waals surface area contributed by atoms with Crippen LogP contribution >= 0.6 is 11.3 Å².